The standard InChI is InChI=1S/C16H25NO3/c1-6-9-17-15(11(2)3)16(18)13-8-7-12(19-4)10-14(13)20-5/h6-8,10-11,15-18H,1,9H2,2-5H3. The van der Waals surface area contributed by atoms with Crippen LogP contribution >= 0.6 is 0 Å². The number of hydrogen-bond acceptors (Lipinski definition) is 4. The molecule has 0 radical (unpaired) electrons. The average Bonchev–Trinajstić information content (AvgIpc) is 2.46. The maximum absolute atomic E-state index is 10.6. The number of benzene rings is 1. The molecule has 0 aliphatic heterocycles. The molecule has 0 aliphatic rings. The maximum Gasteiger partial charge on any atom is 0.128 e. The minimum absolute atomic E-state index is 0.0738. The number of rotatable bonds is 8. The average molecular weight is 279 g/mol. The third kappa shape index (κ3) is 3.99. The van der Waals surface area contributed by atoms with E-state index in [0.717, 1.165) is 5.56 Å². The summed E-state index contributed by atoms with van der Waals surface area (Å²) in [6.45, 7) is 8.49. The van der Waals surface area contributed by atoms with E-state index in [1.807, 2.05) is 12.1 Å². The second-order valence-electron chi connectivity index (χ2n) is 5.02. The van der Waals surface area contributed by atoms with Crippen molar-refractivity contribution >= 4 is 0 Å². The quantitative estimate of drug-likeness (QED) is 0.718. The van der Waals surface area contributed by atoms with Crippen molar-refractivity contribution in [1.29, 1.82) is 0 Å². The Labute approximate surface area is 121 Å². The lowest BCUT2D eigenvalue weighted by atomic mass is 9.92. The van der Waals surface area contributed by atoms with Gasteiger partial charge in [0.2, 0.25) is 0 Å². The molecule has 0 bridgehead atoms. The Kier molecular flexibility index (Phi) is 6.55. The van der Waals surface area contributed by atoms with Crippen LogP contribution in [0.15, 0.2) is 30.9 Å². The molecule has 20 heavy (non-hydrogen) atoms. The lowest BCUT2D eigenvalue weighted by Crippen LogP contribution is -2.39. The van der Waals surface area contributed by atoms with E-state index in [0.29, 0.717) is 18.0 Å². The summed E-state index contributed by atoms with van der Waals surface area (Å²) >= 11 is 0. The number of aliphatic hydroxyl groups is 1. The number of hydrogen-bond donors (Lipinski definition) is 2. The molecule has 0 spiro atoms. The van der Waals surface area contributed by atoms with Gasteiger partial charge in [-0.1, -0.05) is 19.9 Å². The molecule has 0 saturated carbocycles. The van der Waals surface area contributed by atoms with Crippen LogP contribution in [-0.2, 0) is 0 Å². The molecule has 1 aromatic rings. The van der Waals surface area contributed by atoms with Crippen molar-refractivity contribution in [1.82, 2.24) is 5.32 Å². The van der Waals surface area contributed by atoms with Gasteiger partial charge in [0.25, 0.3) is 0 Å². The normalized spacial score (nSPS) is 13.9. The van der Waals surface area contributed by atoms with Crippen molar-refractivity contribution in [2.45, 2.75) is 26.0 Å². The zero-order chi connectivity index (χ0) is 15.1. The van der Waals surface area contributed by atoms with Crippen molar-refractivity contribution in [2.75, 3.05) is 20.8 Å². The van der Waals surface area contributed by atoms with Crippen LogP contribution in [0.25, 0.3) is 0 Å². The third-order valence-electron chi connectivity index (χ3n) is 3.32. The van der Waals surface area contributed by atoms with Gasteiger partial charge in [-0.2, -0.15) is 0 Å². The molecule has 0 fully saturated rings. The number of aliphatic hydroxyl groups excluding tert-OH is 1. The molecular weight excluding hydrogens is 254 g/mol. The van der Waals surface area contributed by atoms with E-state index >= 15 is 0 Å². The van der Waals surface area contributed by atoms with Gasteiger partial charge in [-0.3, -0.25) is 0 Å². The fourth-order valence-electron chi connectivity index (χ4n) is 2.19. The Morgan fingerprint density at radius 1 is 1.30 bits per heavy atom. The van der Waals surface area contributed by atoms with Crippen LogP contribution in [0.5, 0.6) is 11.5 Å². The van der Waals surface area contributed by atoms with Crippen LogP contribution < -0.4 is 14.8 Å². The molecule has 2 atom stereocenters. The minimum Gasteiger partial charge on any atom is -0.497 e. The highest BCUT2D eigenvalue weighted by Gasteiger charge is 2.26. The number of ether oxygens (including phenoxy) is 2. The van der Waals surface area contributed by atoms with Crippen LogP contribution in [0, 0.1) is 5.92 Å². The fourth-order valence-corrected chi connectivity index (χ4v) is 2.19. The molecule has 0 heterocycles. The molecule has 4 heteroatoms. The van der Waals surface area contributed by atoms with E-state index in [4.69, 9.17) is 9.47 Å². The Morgan fingerprint density at radius 3 is 2.50 bits per heavy atom. The summed E-state index contributed by atoms with van der Waals surface area (Å²) < 4.78 is 10.5. The van der Waals surface area contributed by atoms with E-state index in [1.165, 1.54) is 0 Å². The van der Waals surface area contributed by atoms with Crippen molar-refractivity contribution in [3.63, 3.8) is 0 Å². The first kappa shape index (κ1) is 16.5. The molecule has 0 amide bonds. The first-order chi connectivity index (χ1) is 9.54. The number of methoxy groups -OCH3 is 2. The monoisotopic (exact) mass is 279 g/mol. The zero-order valence-electron chi connectivity index (χ0n) is 12.7. The summed E-state index contributed by atoms with van der Waals surface area (Å²) in [5, 5.41) is 13.9. The van der Waals surface area contributed by atoms with Gasteiger partial charge in [-0.05, 0) is 18.1 Å². The van der Waals surface area contributed by atoms with Crippen molar-refractivity contribution in [2.24, 2.45) is 5.92 Å². The van der Waals surface area contributed by atoms with E-state index in [9.17, 15) is 5.11 Å². The fraction of sp³-hybridized carbons (Fsp3) is 0.500. The van der Waals surface area contributed by atoms with Crippen LogP contribution in [-0.4, -0.2) is 31.9 Å². The molecule has 1 rings (SSSR count). The zero-order valence-corrected chi connectivity index (χ0v) is 12.7. The molecule has 2 N–H and O–H groups in total. The summed E-state index contributed by atoms with van der Waals surface area (Å²) in [6, 6.07) is 5.37. The largest absolute Gasteiger partial charge is 0.497 e. The molecule has 0 aliphatic carbocycles. The smallest absolute Gasteiger partial charge is 0.128 e. The topological polar surface area (TPSA) is 50.7 Å². The Balaban J connectivity index is 3.03. The molecule has 2 unspecified atom stereocenters. The van der Waals surface area contributed by atoms with E-state index in [1.54, 1.807) is 26.4 Å². The highest BCUT2D eigenvalue weighted by Crippen LogP contribution is 2.32. The molecular formula is C16H25NO3. The van der Waals surface area contributed by atoms with E-state index < -0.39 is 6.10 Å². The lowest BCUT2D eigenvalue weighted by Gasteiger charge is -2.28. The summed E-state index contributed by atoms with van der Waals surface area (Å²) in [5.41, 5.74) is 0.753. The van der Waals surface area contributed by atoms with Gasteiger partial charge in [0.15, 0.2) is 0 Å². The second kappa shape index (κ2) is 7.92. The third-order valence-corrected chi connectivity index (χ3v) is 3.32. The Hall–Kier alpha value is -1.52. The van der Waals surface area contributed by atoms with Gasteiger partial charge in [0.1, 0.15) is 11.5 Å². The first-order valence-corrected chi connectivity index (χ1v) is 6.79. The maximum atomic E-state index is 10.6. The summed E-state index contributed by atoms with van der Waals surface area (Å²) in [5.74, 6) is 1.61. The summed E-state index contributed by atoms with van der Waals surface area (Å²) in [6.07, 6.45) is 1.13. The van der Waals surface area contributed by atoms with Gasteiger partial charge >= 0.3 is 0 Å². The highest BCUT2D eigenvalue weighted by molar-refractivity contribution is 5.42. The van der Waals surface area contributed by atoms with Crippen LogP contribution in [0.2, 0.25) is 0 Å². The predicted molar refractivity (Wildman–Crippen MR) is 81.3 cm³/mol. The van der Waals surface area contributed by atoms with Crippen LogP contribution in [0.3, 0.4) is 0 Å². The van der Waals surface area contributed by atoms with E-state index in [-0.39, 0.29) is 12.0 Å². The second-order valence-corrected chi connectivity index (χ2v) is 5.02. The van der Waals surface area contributed by atoms with Gasteiger partial charge < -0.3 is 19.9 Å². The molecule has 1 aromatic carbocycles. The molecule has 0 aromatic heterocycles. The van der Waals surface area contributed by atoms with Crippen molar-refractivity contribution in [3.8, 4) is 11.5 Å². The molecule has 0 saturated heterocycles. The SMILES string of the molecule is C=CCNC(C(C)C)C(O)c1ccc(OC)cc1OC. The van der Waals surface area contributed by atoms with Crippen LogP contribution in [0.4, 0.5) is 0 Å². The highest BCUT2D eigenvalue weighted by atomic mass is 16.5. The Bertz CT molecular complexity index is 432. The van der Waals surface area contributed by atoms with E-state index in [2.05, 4.69) is 25.7 Å². The summed E-state index contributed by atoms with van der Waals surface area (Å²) in [7, 11) is 3.19. The molecule has 4 nitrogen and oxygen atoms in total. The van der Waals surface area contributed by atoms with Gasteiger partial charge in [-0.25, -0.2) is 0 Å². The van der Waals surface area contributed by atoms with Crippen LogP contribution in [0.1, 0.15) is 25.5 Å². The lowest BCUT2D eigenvalue weighted by molar-refractivity contribution is 0.105. The van der Waals surface area contributed by atoms with Crippen molar-refractivity contribution in [3.05, 3.63) is 36.4 Å². The number of nitrogens with one attached hydrogen (secondary N) is 1. The van der Waals surface area contributed by atoms with Gasteiger partial charge in [-0.15, -0.1) is 6.58 Å². The van der Waals surface area contributed by atoms with Gasteiger partial charge in [0.05, 0.1) is 20.3 Å². The van der Waals surface area contributed by atoms with Gasteiger partial charge in [0, 0.05) is 24.2 Å². The first-order valence-electron chi connectivity index (χ1n) is 6.79. The summed E-state index contributed by atoms with van der Waals surface area (Å²) in [4.78, 5) is 0. The predicted octanol–water partition coefficient (Wildman–Crippen LogP) is 2.54. The molecule has 112 valence electrons. The Morgan fingerprint density at radius 2 is 2.00 bits per heavy atom. The van der Waals surface area contributed by atoms with Crippen molar-refractivity contribution < 1.29 is 14.6 Å². The minimum atomic E-state index is -0.657.